The van der Waals surface area contributed by atoms with Crippen LogP contribution in [0, 0.1) is 11.7 Å². The fraction of sp³-hybridized carbons (Fsp3) is 0.500. The van der Waals surface area contributed by atoms with Crippen molar-refractivity contribution < 1.29 is 9.18 Å². The van der Waals surface area contributed by atoms with Crippen molar-refractivity contribution in [3.05, 3.63) is 29.6 Å². The summed E-state index contributed by atoms with van der Waals surface area (Å²) in [6.45, 7) is 2.74. The lowest BCUT2D eigenvalue weighted by atomic mass is 9.97. The molecular weight excluding hydrogens is 245 g/mol. The van der Waals surface area contributed by atoms with Gasteiger partial charge in [0.25, 0.3) is 5.91 Å². The molecule has 0 aliphatic carbocycles. The van der Waals surface area contributed by atoms with Crippen LogP contribution in [0.1, 0.15) is 23.2 Å². The molecule has 1 aromatic carbocycles. The van der Waals surface area contributed by atoms with Crippen LogP contribution in [0.4, 0.5) is 10.1 Å². The minimum absolute atomic E-state index is 0.0802. The molecule has 1 fully saturated rings. The van der Waals surface area contributed by atoms with Gasteiger partial charge in [0.2, 0.25) is 0 Å². The summed E-state index contributed by atoms with van der Waals surface area (Å²) >= 11 is 0. The van der Waals surface area contributed by atoms with Crippen molar-refractivity contribution in [3.63, 3.8) is 0 Å². The van der Waals surface area contributed by atoms with E-state index in [2.05, 4.69) is 17.3 Å². The lowest BCUT2D eigenvalue weighted by Gasteiger charge is -2.28. The van der Waals surface area contributed by atoms with E-state index in [9.17, 15) is 9.18 Å². The van der Waals surface area contributed by atoms with Crippen LogP contribution in [0.25, 0.3) is 0 Å². The summed E-state index contributed by atoms with van der Waals surface area (Å²) in [5, 5.41) is 2.85. The summed E-state index contributed by atoms with van der Waals surface area (Å²) in [6, 6.07) is 4.29. The third-order valence-corrected chi connectivity index (χ3v) is 3.69. The molecule has 1 amide bonds. The van der Waals surface area contributed by atoms with Crippen LogP contribution < -0.4 is 11.1 Å². The molecule has 1 aliphatic heterocycles. The van der Waals surface area contributed by atoms with Crippen molar-refractivity contribution in [2.75, 3.05) is 32.4 Å². The summed E-state index contributed by atoms with van der Waals surface area (Å²) in [6.07, 6.45) is 2.16. The zero-order valence-electron chi connectivity index (χ0n) is 11.2. The summed E-state index contributed by atoms with van der Waals surface area (Å²) in [4.78, 5) is 14.2. The molecule has 0 spiro atoms. The van der Waals surface area contributed by atoms with Crippen LogP contribution in [-0.2, 0) is 0 Å². The van der Waals surface area contributed by atoms with E-state index in [1.165, 1.54) is 12.1 Å². The predicted octanol–water partition coefficient (Wildman–Crippen LogP) is 1.48. The van der Waals surface area contributed by atoms with Crippen LogP contribution in [0.15, 0.2) is 18.2 Å². The van der Waals surface area contributed by atoms with Crippen molar-refractivity contribution in [2.24, 2.45) is 5.92 Å². The number of likely N-dealkylation sites (tertiary alicyclic amines) is 1. The minimum Gasteiger partial charge on any atom is -0.396 e. The number of nitrogens with zero attached hydrogens (tertiary/aromatic N) is 1. The van der Waals surface area contributed by atoms with Crippen molar-refractivity contribution in [2.45, 2.75) is 12.8 Å². The largest absolute Gasteiger partial charge is 0.396 e. The van der Waals surface area contributed by atoms with E-state index in [1.807, 2.05) is 0 Å². The van der Waals surface area contributed by atoms with Gasteiger partial charge in [-0.2, -0.15) is 0 Å². The maximum Gasteiger partial charge on any atom is 0.253 e. The van der Waals surface area contributed by atoms with E-state index in [0.29, 0.717) is 12.5 Å². The standard InChI is InChI=1S/C14H20FN3O/c1-18-7-5-10(6-8-18)9-17-14(19)11-3-2-4-12(15)13(11)16/h2-4,10H,5-9,16H2,1H3,(H,17,19). The number of rotatable bonds is 3. The number of nitrogens with two attached hydrogens (primary N) is 1. The summed E-state index contributed by atoms with van der Waals surface area (Å²) in [5.41, 5.74) is 5.70. The van der Waals surface area contributed by atoms with Gasteiger partial charge in [-0.3, -0.25) is 4.79 Å². The monoisotopic (exact) mass is 265 g/mol. The Morgan fingerprint density at radius 2 is 2.16 bits per heavy atom. The first-order valence-corrected chi connectivity index (χ1v) is 6.58. The Morgan fingerprint density at radius 3 is 2.84 bits per heavy atom. The molecule has 19 heavy (non-hydrogen) atoms. The molecular formula is C14H20FN3O. The molecule has 5 heteroatoms. The van der Waals surface area contributed by atoms with Crippen molar-refractivity contribution in [1.82, 2.24) is 10.2 Å². The van der Waals surface area contributed by atoms with Gasteiger partial charge in [-0.15, -0.1) is 0 Å². The molecule has 1 saturated heterocycles. The fourth-order valence-electron chi connectivity index (χ4n) is 2.33. The van der Waals surface area contributed by atoms with Crippen LogP contribution in [-0.4, -0.2) is 37.5 Å². The van der Waals surface area contributed by atoms with E-state index in [-0.39, 0.29) is 17.2 Å². The van der Waals surface area contributed by atoms with Crippen LogP contribution in [0.2, 0.25) is 0 Å². The summed E-state index contributed by atoms with van der Waals surface area (Å²) in [5.74, 6) is -0.349. The minimum atomic E-state index is -0.549. The molecule has 0 unspecified atom stereocenters. The normalized spacial score (nSPS) is 17.4. The van der Waals surface area contributed by atoms with Gasteiger partial charge in [0, 0.05) is 6.54 Å². The van der Waals surface area contributed by atoms with Crippen molar-refractivity contribution in [1.29, 1.82) is 0 Å². The first-order valence-electron chi connectivity index (χ1n) is 6.58. The molecule has 4 nitrogen and oxygen atoms in total. The van der Waals surface area contributed by atoms with Gasteiger partial charge in [-0.1, -0.05) is 6.07 Å². The number of piperidine rings is 1. The van der Waals surface area contributed by atoms with E-state index >= 15 is 0 Å². The Labute approximate surface area is 112 Å². The Kier molecular flexibility index (Phi) is 4.37. The third-order valence-electron chi connectivity index (χ3n) is 3.69. The van der Waals surface area contributed by atoms with Gasteiger partial charge < -0.3 is 16.0 Å². The van der Waals surface area contributed by atoms with Gasteiger partial charge in [0.15, 0.2) is 0 Å². The molecule has 3 N–H and O–H groups in total. The number of hydrogen-bond acceptors (Lipinski definition) is 3. The van der Waals surface area contributed by atoms with E-state index in [1.54, 1.807) is 6.07 Å². The third kappa shape index (κ3) is 3.44. The van der Waals surface area contributed by atoms with E-state index in [4.69, 9.17) is 5.73 Å². The molecule has 1 aromatic rings. The zero-order chi connectivity index (χ0) is 13.8. The zero-order valence-corrected chi connectivity index (χ0v) is 11.2. The fourth-order valence-corrected chi connectivity index (χ4v) is 2.33. The van der Waals surface area contributed by atoms with Crippen LogP contribution in [0.3, 0.4) is 0 Å². The number of halogens is 1. The van der Waals surface area contributed by atoms with Gasteiger partial charge in [-0.25, -0.2) is 4.39 Å². The average Bonchev–Trinajstić information content (AvgIpc) is 2.41. The van der Waals surface area contributed by atoms with Gasteiger partial charge in [-0.05, 0) is 51.0 Å². The number of nitrogens with one attached hydrogen (secondary N) is 1. The first-order chi connectivity index (χ1) is 9.08. The Morgan fingerprint density at radius 1 is 1.47 bits per heavy atom. The van der Waals surface area contributed by atoms with Crippen LogP contribution in [0.5, 0.6) is 0 Å². The maximum absolute atomic E-state index is 13.3. The molecule has 0 aromatic heterocycles. The number of nitrogen functional groups attached to an aromatic ring is 1. The predicted molar refractivity (Wildman–Crippen MR) is 73.4 cm³/mol. The quantitative estimate of drug-likeness (QED) is 0.814. The summed E-state index contributed by atoms with van der Waals surface area (Å²) < 4.78 is 13.3. The molecule has 0 radical (unpaired) electrons. The van der Waals surface area contributed by atoms with E-state index in [0.717, 1.165) is 25.9 Å². The second-order valence-corrected chi connectivity index (χ2v) is 5.16. The molecule has 1 aliphatic rings. The highest BCUT2D eigenvalue weighted by atomic mass is 19.1. The highest BCUT2D eigenvalue weighted by Crippen LogP contribution is 2.17. The first kappa shape index (κ1) is 13.8. The molecule has 0 saturated carbocycles. The molecule has 0 atom stereocenters. The van der Waals surface area contributed by atoms with Gasteiger partial charge in [0.1, 0.15) is 5.82 Å². The second-order valence-electron chi connectivity index (χ2n) is 5.16. The number of hydrogen-bond donors (Lipinski definition) is 2. The molecule has 104 valence electrons. The Bertz CT molecular complexity index is 456. The maximum atomic E-state index is 13.3. The smallest absolute Gasteiger partial charge is 0.253 e. The van der Waals surface area contributed by atoms with Gasteiger partial charge in [0.05, 0.1) is 11.3 Å². The van der Waals surface area contributed by atoms with Crippen molar-refractivity contribution >= 4 is 11.6 Å². The SMILES string of the molecule is CN1CCC(CNC(=O)c2cccc(F)c2N)CC1. The number of carbonyl (C=O) groups is 1. The number of anilines is 1. The van der Waals surface area contributed by atoms with Gasteiger partial charge >= 0.3 is 0 Å². The number of benzene rings is 1. The molecule has 2 rings (SSSR count). The van der Waals surface area contributed by atoms with Crippen LogP contribution >= 0.6 is 0 Å². The lowest BCUT2D eigenvalue weighted by Crippen LogP contribution is -2.37. The van der Waals surface area contributed by atoms with E-state index < -0.39 is 5.82 Å². The molecule has 1 heterocycles. The average molecular weight is 265 g/mol. The summed E-state index contributed by atoms with van der Waals surface area (Å²) in [7, 11) is 2.10. The Balaban J connectivity index is 1.89. The highest BCUT2D eigenvalue weighted by Gasteiger charge is 2.18. The highest BCUT2D eigenvalue weighted by molar-refractivity contribution is 5.99. The number of para-hydroxylation sites is 1. The second kappa shape index (κ2) is 6.02. The molecule has 0 bridgehead atoms. The topological polar surface area (TPSA) is 58.4 Å². The number of carbonyl (C=O) groups excluding carboxylic acids is 1. The van der Waals surface area contributed by atoms with Crippen molar-refractivity contribution in [3.8, 4) is 0 Å². The lowest BCUT2D eigenvalue weighted by molar-refractivity contribution is 0.0939. The number of amides is 1. The Hall–Kier alpha value is -1.62.